The van der Waals surface area contributed by atoms with E-state index < -0.39 is 6.10 Å². The Kier molecular flexibility index (Phi) is 2.90. The summed E-state index contributed by atoms with van der Waals surface area (Å²) >= 11 is 5.84. The van der Waals surface area contributed by atoms with Crippen LogP contribution in [0.2, 0.25) is 5.02 Å². The number of aliphatic hydroxyl groups is 1. The van der Waals surface area contributed by atoms with Crippen molar-refractivity contribution in [2.24, 2.45) is 5.73 Å². The van der Waals surface area contributed by atoms with Gasteiger partial charge in [-0.05, 0) is 31.2 Å². The number of nitrogens with zero attached hydrogens (tertiary/aromatic N) is 1. The van der Waals surface area contributed by atoms with Crippen LogP contribution in [-0.2, 0) is 0 Å². The molecule has 2 rings (SSSR count). The van der Waals surface area contributed by atoms with Crippen molar-refractivity contribution in [1.29, 1.82) is 0 Å². The summed E-state index contributed by atoms with van der Waals surface area (Å²) in [6.45, 7) is 0.430. The first-order chi connectivity index (χ1) is 7.20. The molecular weight excluding hydrogens is 214 g/mol. The van der Waals surface area contributed by atoms with E-state index in [0.717, 1.165) is 11.0 Å². The Morgan fingerprint density at radius 1 is 1.53 bits per heavy atom. The van der Waals surface area contributed by atoms with Gasteiger partial charge in [0.15, 0.2) is 0 Å². The topological polar surface area (TPSA) is 74.9 Å². The van der Waals surface area contributed by atoms with Crippen LogP contribution < -0.4 is 5.73 Å². The van der Waals surface area contributed by atoms with Crippen LogP contribution in [0.1, 0.15) is 18.3 Å². The van der Waals surface area contributed by atoms with Gasteiger partial charge in [0.05, 0.1) is 11.0 Å². The standard InChI is InChI=1S/C10H12ClN3O/c11-6-1-2-7-8(5-6)14-10(13-7)9(15)3-4-12/h1-2,5,9,15H,3-4,12H2,(H,13,14). The lowest BCUT2D eigenvalue weighted by Crippen LogP contribution is -2.07. The third-order valence-electron chi connectivity index (χ3n) is 2.22. The highest BCUT2D eigenvalue weighted by molar-refractivity contribution is 6.31. The van der Waals surface area contributed by atoms with Gasteiger partial charge in [0.1, 0.15) is 11.9 Å². The highest BCUT2D eigenvalue weighted by Gasteiger charge is 2.11. The molecule has 4 nitrogen and oxygen atoms in total. The van der Waals surface area contributed by atoms with E-state index in [4.69, 9.17) is 17.3 Å². The molecule has 80 valence electrons. The molecule has 0 aliphatic rings. The van der Waals surface area contributed by atoms with Gasteiger partial charge in [-0.1, -0.05) is 11.6 Å². The molecule has 1 atom stereocenters. The summed E-state index contributed by atoms with van der Waals surface area (Å²) in [6.07, 6.45) is -0.144. The third kappa shape index (κ3) is 2.12. The summed E-state index contributed by atoms with van der Waals surface area (Å²) < 4.78 is 0. The summed E-state index contributed by atoms with van der Waals surface area (Å²) in [6, 6.07) is 5.36. The lowest BCUT2D eigenvalue weighted by atomic mass is 10.2. The first-order valence-electron chi connectivity index (χ1n) is 4.74. The first kappa shape index (κ1) is 10.4. The molecule has 0 radical (unpaired) electrons. The number of fused-ring (bicyclic) bond motifs is 1. The van der Waals surface area contributed by atoms with Crippen LogP contribution in [0.15, 0.2) is 18.2 Å². The molecule has 0 saturated carbocycles. The quantitative estimate of drug-likeness (QED) is 0.743. The number of imidazole rings is 1. The van der Waals surface area contributed by atoms with E-state index in [1.807, 2.05) is 6.07 Å². The number of aromatic nitrogens is 2. The molecule has 0 fully saturated rings. The molecule has 0 aliphatic heterocycles. The number of hydrogen-bond acceptors (Lipinski definition) is 3. The Balaban J connectivity index is 2.38. The highest BCUT2D eigenvalue weighted by Crippen LogP contribution is 2.20. The normalized spacial score (nSPS) is 13.3. The second-order valence-electron chi connectivity index (χ2n) is 3.38. The number of aromatic amines is 1. The Morgan fingerprint density at radius 2 is 2.33 bits per heavy atom. The van der Waals surface area contributed by atoms with Crippen molar-refractivity contribution in [3.63, 3.8) is 0 Å². The van der Waals surface area contributed by atoms with E-state index >= 15 is 0 Å². The van der Waals surface area contributed by atoms with Crippen LogP contribution in [0.25, 0.3) is 11.0 Å². The molecule has 0 spiro atoms. The van der Waals surface area contributed by atoms with Crippen LogP contribution in [0.5, 0.6) is 0 Å². The molecule has 0 bridgehead atoms. The van der Waals surface area contributed by atoms with Crippen molar-refractivity contribution in [3.05, 3.63) is 29.0 Å². The van der Waals surface area contributed by atoms with Crippen molar-refractivity contribution >= 4 is 22.6 Å². The lowest BCUT2D eigenvalue weighted by molar-refractivity contribution is 0.162. The zero-order valence-electron chi connectivity index (χ0n) is 8.07. The number of halogens is 1. The molecule has 1 aromatic heterocycles. The molecule has 15 heavy (non-hydrogen) atoms. The van der Waals surface area contributed by atoms with Crippen LogP contribution in [0.3, 0.4) is 0 Å². The number of H-pyrrole nitrogens is 1. The van der Waals surface area contributed by atoms with Gasteiger partial charge in [0.2, 0.25) is 0 Å². The second kappa shape index (κ2) is 4.18. The van der Waals surface area contributed by atoms with E-state index in [1.165, 1.54) is 0 Å². The van der Waals surface area contributed by atoms with Crippen molar-refractivity contribution in [2.45, 2.75) is 12.5 Å². The van der Waals surface area contributed by atoms with Crippen molar-refractivity contribution in [3.8, 4) is 0 Å². The zero-order valence-corrected chi connectivity index (χ0v) is 8.83. The van der Waals surface area contributed by atoms with Crippen molar-refractivity contribution in [1.82, 2.24) is 9.97 Å². The number of benzene rings is 1. The van der Waals surface area contributed by atoms with Crippen LogP contribution in [-0.4, -0.2) is 21.6 Å². The minimum Gasteiger partial charge on any atom is -0.385 e. The molecule has 0 aliphatic carbocycles. The maximum Gasteiger partial charge on any atom is 0.136 e. The summed E-state index contributed by atoms with van der Waals surface area (Å²) in [5.74, 6) is 0.540. The van der Waals surface area contributed by atoms with Gasteiger partial charge >= 0.3 is 0 Å². The molecule has 1 unspecified atom stereocenters. The van der Waals surface area contributed by atoms with Gasteiger partial charge in [-0.2, -0.15) is 0 Å². The highest BCUT2D eigenvalue weighted by atomic mass is 35.5. The monoisotopic (exact) mass is 225 g/mol. The Hall–Kier alpha value is -1.10. The van der Waals surface area contributed by atoms with Crippen LogP contribution in [0.4, 0.5) is 0 Å². The number of nitrogens with one attached hydrogen (secondary N) is 1. The predicted octanol–water partition coefficient (Wildman–Crippen LogP) is 1.60. The van der Waals surface area contributed by atoms with E-state index in [9.17, 15) is 5.11 Å². The SMILES string of the molecule is NCCC(O)c1nc2ccc(Cl)cc2[nH]1. The lowest BCUT2D eigenvalue weighted by Gasteiger charge is -2.03. The Labute approximate surface area is 92.1 Å². The average molecular weight is 226 g/mol. The van der Waals surface area contributed by atoms with E-state index in [2.05, 4.69) is 9.97 Å². The largest absolute Gasteiger partial charge is 0.385 e. The number of rotatable bonds is 3. The fourth-order valence-corrected chi connectivity index (χ4v) is 1.63. The molecule has 5 heteroatoms. The van der Waals surface area contributed by atoms with Crippen molar-refractivity contribution < 1.29 is 5.11 Å². The molecular formula is C10H12ClN3O. The smallest absolute Gasteiger partial charge is 0.136 e. The van der Waals surface area contributed by atoms with Crippen molar-refractivity contribution in [2.75, 3.05) is 6.54 Å². The maximum absolute atomic E-state index is 9.68. The molecule has 0 saturated heterocycles. The van der Waals surface area contributed by atoms with Gasteiger partial charge in [0.25, 0.3) is 0 Å². The fourth-order valence-electron chi connectivity index (χ4n) is 1.45. The fraction of sp³-hybridized carbons (Fsp3) is 0.300. The maximum atomic E-state index is 9.68. The molecule has 1 aromatic carbocycles. The molecule has 0 amide bonds. The number of nitrogens with two attached hydrogens (primary N) is 1. The minimum absolute atomic E-state index is 0.430. The number of aliphatic hydroxyl groups excluding tert-OH is 1. The van der Waals surface area contributed by atoms with Gasteiger partial charge in [-0.3, -0.25) is 0 Å². The summed E-state index contributed by atoms with van der Waals surface area (Å²) in [7, 11) is 0. The molecule has 4 N–H and O–H groups in total. The van der Waals surface area contributed by atoms with E-state index in [0.29, 0.717) is 23.8 Å². The van der Waals surface area contributed by atoms with Gasteiger partial charge in [0, 0.05) is 5.02 Å². The number of hydrogen-bond donors (Lipinski definition) is 3. The van der Waals surface area contributed by atoms with Gasteiger partial charge in [-0.15, -0.1) is 0 Å². The summed E-state index contributed by atoms with van der Waals surface area (Å²) in [4.78, 5) is 7.27. The van der Waals surface area contributed by atoms with Gasteiger partial charge < -0.3 is 15.8 Å². The first-order valence-corrected chi connectivity index (χ1v) is 5.12. The summed E-state index contributed by atoms with van der Waals surface area (Å²) in [5, 5.41) is 10.3. The predicted molar refractivity (Wildman–Crippen MR) is 59.7 cm³/mol. The average Bonchev–Trinajstić information content (AvgIpc) is 2.60. The molecule has 1 heterocycles. The third-order valence-corrected chi connectivity index (χ3v) is 2.45. The van der Waals surface area contributed by atoms with E-state index in [-0.39, 0.29) is 0 Å². The van der Waals surface area contributed by atoms with Crippen LogP contribution in [0, 0.1) is 0 Å². The Morgan fingerprint density at radius 3 is 3.07 bits per heavy atom. The zero-order chi connectivity index (χ0) is 10.8. The van der Waals surface area contributed by atoms with E-state index in [1.54, 1.807) is 12.1 Å². The van der Waals surface area contributed by atoms with Crippen LogP contribution >= 0.6 is 11.6 Å². The summed E-state index contributed by atoms with van der Waals surface area (Å²) in [5.41, 5.74) is 6.99. The Bertz CT molecular complexity index is 469. The molecule has 2 aromatic rings. The van der Waals surface area contributed by atoms with Gasteiger partial charge in [-0.25, -0.2) is 4.98 Å². The minimum atomic E-state index is -0.638. The second-order valence-corrected chi connectivity index (χ2v) is 3.81.